The second-order valence-electron chi connectivity index (χ2n) is 7.76. The summed E-state index contributed by atoms with van der Waals surface area (Å²) in [5.74, 6) is 1.65. The summed E-state index contributed by atoms with van der Waals surface area (Å²) in [6.45, 7) is 6.39. The third-order valence-corrected chi connectivity index (χ3v) is 6.84. The van der Waals surface area contributed by atoms with Crippen LogP contribution in [0.5, 0.6) is 0 Å². The van der Waals surface area contributed by atoms with Crippen molar-refractivity contribution in [1.29, 1.82) is 0 Å². The van der Waals surface area contributed by atoms with Gasteiger partial charge in [-0.05, 0) is 31.2 Å². The fraction of sp³-hybridized carbons (Fsp3) is 0.476. The molecule has 2 N–H and O–H groups in total. The molecule has 4 atom stereocenters. The van der Waals surface area contributed by atoms with Crippen LogP contribution >= 0.6 is 11.8 Å². The fourth-order valence-corrected chi connectivity index (χ4v) is 4.60. The van der Waals surface area contributed by atoms with Gasteiger partial charge in [0.25, 0.3) is 11.1 Å². The van der Waals surface area contributed by atoms with Crippen LogP contribution in [-0.2, 0) is 4.79 Å². The Balaban J connectivity index is 1.41. The monoisotopic (exact) mass is 398 g/mol. The summed E-state index contributed by atoms with van der Waals surface area (Å²) in [7, 11) is 0. The molecule has 4 rings (SSSR count). The van der Waals surface area contributed by atoms with E-state index in [2.05, 4.69) is 34.3 Å². The molecule has 7 heteroatoms. The first-order chi connectivity index (χ1) is 13.5. The summed E-state index contributed by atoms with van der Waals surface area (Å²) >= 11 is 1.30. The van der Waals surface area contributed by atoms with Gasteiger partial charge in [0.2, 0.25) is 5.91 Å². The average Bonchev–Trinajstić information content (AvgIpc) is 3.32. The number of nitrogens with one attached hydrogen (secondary N) is 2. The van der Waals surface area contributed by atoms with Crippen LogP contribution in [-0.4, -0.2) is 32.4 Å². The van der Waals surface area contributed by atoms with Gasteiger partial charge in [-0.15, -0.1) is 10.2 Å². The van der Waals surface area contributed by atoms with E-state index in [1.165, 1.54) is 24.6 Å². The Bertz CT molecular complexity index is 966. The van der Waals surface area contributed by atoms with Gasteiger partial charge in [-0.3, -0.25) is 4.79 Å². The predicted molar refractivity (Wildman–Crippen MR) is 111 cm³/mol. The molecule has 2 aromatic heterocycles. The van der Waals surface area contributed by atoms with Crippen LogP contribution in [0.2, 0.25) is 0 Å². The minimum absolute atomic E-state index is 0.0304. The molecule has 0 aliphatic heterocycles. The van der Waals surface area contributed by atoms with Crippen molar-refractivity contribution >= 4 is 28.6 Å². The van der Waals surface area contributed by atoms with Crippen LogP contribution in [0.15, 0.2) is 40.1 Å². The van der Waals surface area contributed by atoms with Gasteiger partial charge in [0, 0.05) is 23.1 Å². The molecule has 0 radical (unpaired) electrons. The number of aromatic nitrogens is 3. The lowest BCUT2D eigenvalue weighted by atomic mass is 9.78. The maximum Gasteiger partial charge on any atom is 0.277 e. The van der Waals surface area contributed by atoms with Crippen molar-refractivity contribution in [1.82, 2.24) is 20.5 Å². The number of amides is 1. The zero-order valence-corrected chi connectivity index (χ0v) is 17.3. The maximum absolute atomic E-state index is 12.7. The third-order valence-electron chi connectivity index (χ3n) is 5.91. The van der Waals surface area contributed by atoms with E-state index in [0.29, 0.717) is 22.9 Å². The molecule has 1 aliphatic rings. The van der Waals surface area contributed by atoms with Crippen molar-refractivity contribution in [2.75, 3.05) is 0 Å². The topological polar surface area (TPSA) is 83.8 Å². The summed E-state index contributed by atoms with van der Waals surface area (Å²) in [5, 5.41) is 12.7. The average molecular weight is 399 g/mol. The van der Waals surface area contributed by atoms with E-state index in [-0.39, 0.29) is 17.2 Å². The molecule has 0 bridgehead atoms. The van der Waals surface area contributed by atoms with Crippen LogP contribution in [0.25, 0.3) is 22.4 Å². The van der Waals surface area contributed by atoms with Crippen LogP contribution in [0.4, 0.5) is 0 Å². The number of aromatic amines is 1. The molecule has 1 amide bonds. The van der Waals surface area contributed by atoms with Gasteiger partial charge < -0.3 is 14.7 Å². The molecule has 2 heterocycles. The second-order valence-corrected chi connectivity index (χ2v) is 9.06. The summed E-state index contributed by atoms with van der Waals surface area (Å²) < 4.78 is 5.83. The van der Waals surface area contributed by atoms with Gasteiger partial charge in [-0.2, -0.15) is 0 Å². The zero-order valence-electron chi connectivity index (χ0n) is 16.4. The first kappa shape index (κ1) is 19.1. The molecule has 6 nitrogen and oxygen atoms in total. The number of rotatable bonds is 5. The zero-order chi connectivity index (χ0) is 19.7. The molecular weight excluding hydrogens is 372 g/mol. The number of hydrogen-bond donors (Lipinski definition) is 2. The molecule has 148 valence electrons. The molecule has 0 spiro atoms. The van der Waals surface area contributed by atoms with E-state index in [4.69, 9.17) is 4.42 Å². The molecule has 1 saturated carbocycles. The van der Waals surface area contributed by atoms with Crippen molar-refractivity contribution in [2.45, 2.75) is 56.5 Å². The van der Waals surface area contributed by atoms with Crippen LogP contribution in [0, 0.1) is 11.8 Å². The second kappa shape index (κ2) is 7.99. The Labute approximate surface area is 168 Å². The van der Waals surface area contributed by atoms with Crippen molar-refractivity contribution < 1.29 is 9.21 Å². The lowest BCUT2D eigenvalue weighted by Crippen LogP contribution is -2.46. The van der Waals surface area contributed by atoms with Crippen molar-refractivity contribution in [3.05, 3.63) is 30.5 Å². The van der Waals surface area contributed by atoms with E-state index in [9.17, 15) is 4.79 Å². The Morgan fingerprint density at radius 1 is 1.29 bits per heavy atom. The number of para-hydroxylation sites is 1. The van der Waals surface area contributed by atoms with Gasteiger partial charge >= 0.3 is 0 Å². The molecule has 1 aliphatic carbocycles. The predicted octanol–water partition coefficient (Wildman–Crippen LogP) is 4.64. The number of thioether (sulfide) groups is 1. The van der Waals surface area contributed by atoms with Gasteiger partial charge in [0.1, 0.15) is 0 Å². The van der Waals surface area contributed by atoms with Gasteiger partial charge in [0.05, 0.1) is 10.8 Å². The first-order valence-electron chi connectivity index (χ1n) is 9.90. The van der Waals surface area contributed by atoms with E-state index >= 15 is 0 Å². The highest BCUT2D eigenvalue weighted by atomic mass is 32.2. The molecular formula is C21H26N4O2S. The fourth-order valence-electron chi connectivity index (χ4n) is 3.91. The molecule has 28 heavy (non-hydrogen) atoms. The third kappa shape index (κ3) is 3.81. The summed E-state index contributed by atoms with van der Waals surface area (Å²) in [6, 6.07) is 8.23. The number of benzene rings is 1. The van der Waals surface area contributed by atoms with Crippen molar-refractivity contribution in [3.63, 3.8) is 0 Å². The number of nitrogens with zero attached hydrogens (tertiary/aromatic N) is 2. The maximum atomic E-state index is 12.7. The molecule has 1 aromatic carbocycles. The minimum atomic E-state index is -0.291. The van der Waals surface area contributed by atoms with Crippen LogP contribution in [0.1, 0.15) is 40.0 Å². The minimum Gasteiger partial charge on any atom is -0.411 e. The van der Waals surface area contributed by atoms with E-state index < -0.39 is 0 Å². The lowest BCUT2D eigenvalue weighted by Gasteiger charge is -2.35. The van der Waals surface area contributed by atoms with E-state index in [1.807, 2.05) is 37.4 Å². The Kier molecular flexibility index (Phi) is 5.44. The van der Waals surface area contributed by atoms with Crippen LogP contribution in [0.3, 0.4) is 0 Å². The normalized spacial score (nSPS) is 23.6. The summed E-state index contributed by atoms with van der Waals surface area (Å²) in [6.07, 6.45) is 5.35. The number of carbonyl (C=O) groups is 1. The number of hydrogen-bond acceptors (Lipinski definition) is 5. The number of H-pyrrole nitrogens is 1. The van der Waals surface area contributed by atoms with Crippen molar-refractivity contribution in [3.8, 4) is 11.5 Å². The Morgan fingerprint density at radius 3 is 2.96 bits per heavy atom. The van der Waals surface area contributed by atoms with Gasteiger partial charge in [-0.25, -0.2) is 0 Å². The molecule has 1 fully saturated rings. The Hall–Kier alpha value is -2.28. The van der Waals surface area contributed by atoms with Gasteiger partial charge in [0.15, 0.2) is 0 Å². The Morgan fingerprint density at radius 2 is 2.11 bits per heavy atom. The number of carbonyl (C=O) groups excluding carboxylic acids is 1. The first-order valence-corrected chi connectivity index (χ1v) is 10.8. The van der Waals surface area contributed by atoms with E-state index in [0.717, 1.165) is 22.9 Å². The molecule has 0 unspecified atom stereocenters. The van der Waals surface area contributed by atoms with E-state index in [1.54, 1.807) is 0 Å². The number of fused-ring (bicyclic) bond motifs is 1. The summed E-state index contributed by atoms with van der Waals surface area (Å²) in [4.78, 5) is 15.9. The molecule has 0 saturated heterocycles. The van der Waals surface area contributed by atoms with Gasteiger partial charge in [-0.1, -0.05) is 56.7 Å². The van der Waals surface area contributed by atoms with Crippen LogP contribution < -0.4 is 5.32 Å². The SMILES string of the molecule is C[C@@H]1[C@@H](C)CCC[C@H]1NC(=O)[C@@H](C)Sc1nnc(-c2c[nH]c3ccccc23)o1. The highest BCUT2D eigenvalue weighted by molar-refractivity contribution is 8.00. The highest BCUT2D eigenvalue weighted by Crippen LogP contribution is 2.32. The smallest absolute Gasteiger partial charge is 0.277 e. The lowest BCUT2D eigenvalue weighted by molar-refractivity contribution is -0.121. The molecule has 3 aromatic rings. The summed E-state index contributed by atoms with van der Waals surface area (Å²) in [5.41, 5.74) is 1.89. The van der Waals surface area contributed by atoms with Crippen molar-refractivity contribution in [2.24, 2.45) is 11.8 Å². The standard InChI is InChI=1S/C21H26N4O2S/c1-12-7-6-10-17(13(12)2)23-19(26)14(3)28-21-25-24-20(27-21)16-11-22-18-9-5-4-8-15(16)18/h4-5,8-9,11-14,17,22H,6-7,10H2,1-3H3,(H,23,26)/t12-,13+,14+,17+/m0/s1. The quantitative estimate of drug-likeness (QED) is 0.612. The highest BCUT2D eigenvalue weighted by Gasteiger charge is 2.30. The largest absolute Gasteiger partial charge is 0.411 e.